The number of carbonyl (C=O) groups is 3. The van der Waals surface area contributed by atoms with Crippen molar-refractivity contribution in [2.75, 3.05) is 27.2 Å². The largest absolute Gasteiger partial charge is 0.351 e. The first-order valence-electron chi connectivity index (χ1n) is 13.1. The summed E-state index contributed by atoms with van der Waals surface area (Å²) in [7, 11) is 3.90. The van der Waals surface area contributed by atoms with Crippen molar-refractivity contribution in [2.24, 2.45) is 0 Å². The van der Waals surface area contributed by atoms with Gasteiger partial charge in [-0.05, 0) is 56.4 Å². The molecule has 1 saturated carbocycles. The minimum Gasteiger partial charge on any atom is -0.351 e. The summed E-state index contributed by atoms with van der Waals surface area (Å²) in [6.07, 6.45) is 6.67. The summed E-state index contributed by atoms with van der Waals surface area (Å²) >= 11 is 1.43. The zero-order valence-corrected chi connectivity index (χ0v) is 22.9. The van der Waals surface area contributed by atoms with Gasteiger partial charge in [0.1, 0.15) is 5.54 Å². The van der Waals surface area contributed by atoms with Crippen LogP contribution >= 0.6 is 11.3 Å². The molecule has 1 aliphatic carbocycles. The Balaban J connectivity index is 1.48. The predicted molar refractivity (Wildman–Crippen MR) is 153 cm³/mol. The number of rotatable bonds is 11. The summed E-state index contributed by atoms with van der Waals surface area (Å²) in [4.78, 5) is 42.0. The van der Waals surface area contributed by atoms with Crippen molar-refractivity contribution in [2.45, 2.75) is 43.7 Å². The lowest BCUT2D eigenvalue weighted by Crippen LogP contribution is -2.58. The lowest BCUT2D eigenvalue weighted by Gasteiger charge is -2.30. The second-order valence-corrected chi connectivity index (χ2v) is 11.2. The molecule has 0 unspecified atom stereocenters. The summed E-state index contributed by atoms with van der Waals surface area (Å²) in [5.41, 5.74) is 0.0783. The molecule has 7 nitrogen and oxygen atoms in total. The summed E-state index contributed by atoms with van der Waals surface area (Å²) in [6.45, 7) is 1.28. The van der Waals surface area contributed by atoms with Crippen LogP contribution in [-0.4, -0.2) is 61.4 Å². The molecule has 3 N–H and O–H groups in total. The molecule has 2 aromatic carbocycles. The molecule has 0 bridgehead atoms. The van der Waals surface area contributed by atoms with E-state index < -0.39 is 11.6 Å². The average Bonchev–Trinajstić information content (AvgIpc) is 3.56. The zero-order valence-electron chi connectivity index (χ0n) is 22.0. The number of hydrogen-bond donors (Lipinski definition) is 3. The van der Waals surface area contributed by atoms with Crippen LogP contribution in [0.1, 0.15) is 40.9 Å². The summed E-state index contributed by atoms with van der Waals surface area (Å²) in [5.74, 6) is -0.630. The van der Waals surface area contributed by atoms with Gasteiger partial charge in [-0.2, -0.15) is 0 Å². The van der Waals surface area contributed by atoms with Gasteiger partial charge in [0.25, 0.3) is 5.91 Å². The van der Waals surface area contributed by atoms with E-state index in [1.54, 1.807) is 6.08 Å². The number of nitrogens with zero attached hydrogens (tertiary/aromatic N) is 1. The van der Waals surface area contributed by atoms with E-state index in [4.69, 9.17) is 0 Å². The van der Waals surface area contributed by atoms with Crippen molar-refractivity contribution in [1.82, 2.24) is 20.9 Å². The highest BCUT2D eigenvalue weighted by molar-refractivity contribution is 7.20. The molecule has 1 heterocycles. The van der Waals surface area contributed by atoms with E-state index in [2.05, 4.69) is 16.0 Å². The summed E-state index contributed by atoms with van der Waals surface area (Å²) in [6, 6.07) is 19.2. The van der Waals surface area contributed by atoms with E-state index in [-0.39, 0.29) is 17.7 Å². The molecule has 8 heteroatoms. The summed E-state index contributed by atoms with van der Waals surface area (Å²) < 4.78 is 1.04. The van der Waals surface area contributed by atoms with Crippen LogP contribution in [0.3, 0.4) is 0 Å². The van der Waals surface area contributed by atoms with Crippen LogP contribution in [0.4, 0.5) is 0 Å². The first kappa shape index (κ1) is 27.5. The van der Waals surface area contributed by atoms with Gasteiger partial charge in [0.15, 0.2) is 0 Å². The Labute approximate surface area is 228 Å². The lowest BCUT2D eigenvalue weighted by atomic mass is 9.94. The fourth-order valence-electron chi connectivity index (χ4n) is 4.77. The van der Waals surface area contributed by atoms with Gasteiger partial charge in [0, 0.05) is 23.9 Å². The second kappa shape index (κ2) is 12.8. The van der Waals surface area contributed by atoms with Crippen molar-refractivity contribution in [1.29, 1.82) is 0 Å². The van der Waals surface area contributed by atoms with E-state index in [1.807, 2.05) is 79.7 Å². The van der Waals surface area contributed by atoms with Crippen LogP contribution in [-0.2, 0) is 16.0 Å². The van der Waals surface area contributed by atoms with Gasteiger partial charge >= 0.3 is 0 Å². The molecule has 0 aliphatic heterocycles. The van der Waals surface area contributed by atoms with Crippen LogP contribution < -0.4 is 16.0 Å². The topological polar surface area (TPSA) is 90.5 Å². The van der Waals surface area contributed by atoms with Crippen LogP contribution in [0.25, 0.3) is 10.1 Å². The summed E-state index contributed by atoms with van der Waals surface area (Å²) in [5, 5.41) is 10.1. The van der Waals surface area contributed by atoms with E-state index in [1.165, 1.54) is 17.4 Å². The Kier molecular flexibility index (Phi) is 9.31. The average molecular weight is 533 g/mol. The molecule has 0 saturated heterocycles. The molecule has 0 radical (unpaired) electrons. The smallest absolute Gasteiger partial charge is 0.262 e. The van der Waals surface area contributed by atoms with E-state index >= 15 is 0 Å². The maximum absolute atomic E-state index is 13.7. The molecule has 3 aromatic rings. The minimum absolute atomic E-state index is 0.201. The molecular weight excluding hydrogens is 496 g/mol. The Hall–Kier alpha value is -3.49. The molecule has 1 aromatic heterocycles. The third-order valence-electron chi connectivity index (χ3n) is 6.85. The highest BCUT2D eigenvalue weighted by atomic mass is 32.1. The van der Waals surface area contributed by atoms with Crippen LogP contribution in [0.15, 0.2) is 72.8 Å². The number of carbonyl (C=O) groups excluding carboxylic acids is 3. The quantitative estimate of drug-likeness (QED) is 0.327. The van der Waals surface area contributed by atoms with Crippen molar-refractivity contribution in [3.05, 3.63) is 83.3 Å². The Morgan fingerprint density at radius 3 is 2.45 bits per heavy atom. The number of fused-ring (bicyclic) bond motifs is 1. The second-order valence-electron chi connectivity index (χ2n) is 10.1. The van der Waals surface area contributed by atoms with E-state index in [0.29, 0.717) is 30.7 Å². The lowest BCUT2D eigenvalue weighted by molar-refractivity contribution is -0.127. The molecule has 1 fully saturated rings. The van der Waals surface area contributed by atoms with E-state index in [9.17, 15) is 14.4 Å². The van der Waals surface area contributed by atoms with Gasteiger partial charge in [-0.3, -0.25) is 14.4 Å². The van der Waals surface area contributed by atoms with Crippen LogP contribution in [0.2, 0.25) is 0 Å². The third kappa shape index (κ3) is 7.30. The van der Waals surface area contributed by atoms with Crippen LogP contribution in [0.5, 0.6) is 0 Å². The molecule has 0 spiro atoms. The molecular formula is C30H36N4O3S. The Morgan fingerprint density at radius 2 is 1.74 bits per heavy atom. The van der Waals surface area contributed by atoms with Gasteiger partial charge in [-0.1, -0.05) is 67.4 Å². The molecule has 38 heavy (non-hydrogen) atoms. The number of likely N-dealkylation sites (N-methyl/N-ethyl adjacent to an activating group) is 1. The van der Waals surface area contributed by atoms with Gasteiger partial charge in [-0.25, -0.2) is 0 Å². The monoisotopic (exact) mass is 532 g/mol. The molecule has 1 aliphatic rings. The third-order valence-corrected chi connectivity index (χ3v) is 7.96. The van der Waals surface area contributed by atoms with Crippen LogP contribution in [0, 0.1) is 0 Å². The highest BCUT2D eigenvalue weighted by Crippen LogP contribution is 2.32. The standard InChI is InChI=1S/C30H36N4O3S/c1-34(2)19-18-31-27(35)15-14-24(20-22-10-4-3-5-11-22)32-29(37)30(16-8-9-17-30)33-28(36)26-21-23-12-6-7-13-25(23)38-26/h3-7,10-15,21,24H,8-9,16-20H2,1-2H3,(H,31,35)(H,32,37)(H,33,36)/b15-14+/t24-/m0/s1. The van der Waals surface area contributed by atoms with Crippen molar-refractivity contribution in [3.8, 4) is 0 Å². The molecule has 1 atom stereocenters. The Bertz CT molecular complexity index is 1250. The minimum atomic E-state index is -0.968. The first-order valence-corrected chi connectivity index (χ1v) is 13.9. The van der Waals surface area contributed by atoms with E-state index in [0.717, 1.165) is 35.0 Å². The number of benzene rings is 2. The predicted octanol–water partition coefficient (Wildman–Crippen LogP) is 3.91. The maximum atomic E-state index is 13.7. The van der Waals surface area contributed by atoms with Gasteiger partial charge < -0.3 is 20.9 Å². The zero-order chi connectivity index (χ0) is 27.0. The normalized spacial score (nSPS) is 15.6. The van der Waals surface area contributed by atoms with Gasteiger partial charge in [0.2, 0.25) is 11.8 Å². The fourth-order valence-corrected chi connectivity index (χ4v) is 5.72. The fraction of sp³-hybridized carbons (Fsp3) is 0.367. The van der Waals surface area contributed by atoms with Crippen molar-refractivity contribution < 1.29 is 14.4 Å². The van der Waals surface area contributed by atoms with Gasteiger partial charge in [-0.15, -0.1) is 11.3 Å². The Morgan fingerprint density at radius 1 is 1.03 bits per heavy atom. The highest BCUT2D eigenvalue weighted by Gasteiger charge is 2.43. The number of nitrogens with one attached hydrogen (secondary N) is 3. The number of amides is 3. The molecule has 4 rings (SSSR count). The maximum Gasteiger partial charge on any atom is 0.262 e. The van der Waals surface area contributed by atoms with Gasteiger partial charge in [0.05, 0.1) is 10.9 Å². The van der Waals surface area contributed by atoms with Crippen molar-refractivity contribution in [3.63, 3.8) is 0 Å². The van der Waals surface area contributed by atoms with Crippen molar-refractivity contribution >= 4 is 39.1 Å². The molecule has 200 valence electrons. The number of hydrogen-bond acceptors (Lipinski definition) is 5. The molecule has 3 amide bonds. The SMILES string of the molecule is CN(C)CCNC(=O)/C=C/[C@@H](Cc1ccccc1)NC(=O)C1(NC(=O)c2cc3ccccc3s2)CCCC1. The number of thiophene rings is 1. The first-order chi connectivity index (χ1) is 18.3.